The van der Waals surface area contributed by atoms with Gasteiger partial charge >= 0.3 is 5.97 Å². The molecular formula is C21H23NO6. The molecule has 7 heteroatoms. The maximum Gasteiger partial charge on any atom is 0.340 e. The van der Waals surface area contributed by atoms with E-state index in [2.05, 4.69) is 11.9 Å². The van der Waals surface area contributed by atoms with Crippen LogP contribution < -0.4 is 19.5 Å². The molecule has 2 rings (SSSR count). The van der Waals surface area contributed by atoms with Crippen LogP contribution >= 0.6 is 0 Å². The van der Waals surface area contributed by atoms with E-state index in [1.54, 1.807) is 24.3 Å². The zero-order valence-corrected chi connectivity index (χ0v) is 16.1. The number of esters is 1. The fraction of sp³-hybridized carbons (Fsp3) is 0.238. The lowest BCUT2D eigenvalue weighted by atomic mass is 10.1. The SMILES string of the molecule is C=CCc1ccc(OCC(=O)Nc2ccc(OC)cc2C(=O)OC)c(OC)c1. The molecule has 0 atom stereocenters. The number of methoxy groups -OCH3 is 3. The molecule has 28 heavy (non-hydrogen) atoms. The Bertz CT molecular complexity index is 862. The molecule has 1 N–H and O–H groups in total. The van der Waals surface area contributed by atoms with E-state index in [4.69, 9.17) is 18.9 Å². The second-order valence-electron chi connectivity index (χ2n) is 5.72. The first kappa shape index (κ1) is 20.8. The van der Waals surface area contributed by atoms with Gasteiger partial charge in [-0.05, 0) is 42.3 Å². The van der Waals surface area contributed by atoms with Crippen molar-refractivity contribution in [2.75, 3.05) is 33.3 Å². The summed E-state index contributed by atoms with van der Waals surface area (Å²) >= 11 is 0. The number of rotatable bonds is 9. The quantitative estimate of drug-likeness (QED) is 0.527. The van der Waals surface area contributed by atoms with E-state index in [1.165, 1.54) is 27.4 Å². The minimum Gasteiger partial charge on any atom is -0.497 e. The van der Waals surface area contributed by atoms with Crippen LogP contribution in [-0.2, 0) is 16.0 Å². The maximum absolute atomic E-state index is 12.3. The van der Waals surface area contributed by atoms with E-state index in [0.717, 1.165) is 5.56 Å². The summed E-state index contributed by atoms with van der Waals surface area (Å²) in [5.41, 5.74) is 1.50. The molecule has 7 nitrogen and oxygen atoms in total. The van der Waals surface area contributed by atoms with Crippen molar-refractivity contribution in [2.45, 2.75) is 6.42 Å². The Hall–Kier alpha value is -3.48. The molecule has 0 heterocycles. The van der Waals surface area contributed by atoms with Crippen LogP contribution in [0.2, 0.25) is 0 Å². The number of hydrogen-bond acceptors (Lipinski definition) is 6. The van der Waals surface area contributed by atoms with E-state index in [1.807, 2.05) is 12.1 Å². The molecule has 0 radical (unpaired) electrons. The third-order valence-corrected chi connectivity index (χ3v) is 3.87. The average Bonchev–Trinajstić information content (AvgIpc) is 2.72. The van der Waals surface area contributed by atoms with E-state index in [9.17, 15) is 9.59 Å². The highest BCUT2D eigenvalue weighted by molar-refractivity contribution is 6.02. The van der Waals surface area contributed by atoms with Gasteiger partial charge in [0.2, 0.25) is 0 Å². The van der Waals surface area contributed by atoms with E-state index < -0.39 is 11.9 Å². The summed E-state index contributed by atoms with van der Waals surface area (Å²) in [5.74, 6) is 0.404. The maximum atomic E-state index is 12.3. The highest BCUT2D eigenvalue weighted by Gasteiger charge is 2.16. The molecule has 0 spiro atoms. The number of allylic oxidation sites excluding steroid dienone is 1. The van der Waals surface area contributed by atoms with Gasteiger partial charge in [-0.25, -0.2) is 4.79 Å². The summed E-state index contributed by atoms with van der Waals surface area (Å²) in [6.07, 6.45) is 2.49. The Labute approximate surface area is 163 Å². The average molecular weight is 385 g/mol. The number of anilines is 1. The van der Waals surface area contributed by atoms with Crippen molar-refractivity contribution < 1.29 is 28.5 Å². The molecule has 0 saturated carbocycles. The predicted molar refractivity (Wildman–Crippen MR) is 105 cm³/mol. The largest absolute Gasteiger partial charge is 0.497 e. The minimum absolute atomic E-state index is 0.182. The smallest absolute Gasteiger partial charge is 0.340 e. The summed E-state index contributed by atoms with van der Waals surface area (Å²) < 4.78 is 20.7. The third-order valence-electron chi connectivity index (χ3n) is 3.87. The second kappa shape index (κ2) is 10.0. The molecule has 0 aliphatic rings. The normalized spacial score (nSPS) is 9.96. The first-order valence-corrected chi connectivity index (χ1v) is 8.49. The van der Waals surface area contributed by atoms with Crippen LogP contribution in [-0.4, -0.2) is 39.8 Å². The molecule has 0 saturated heterocycles. The van der Waals surface area contributed by atoms with Crippen LogP contribution in [0.1, 0.15) is 15.9 Å². The Morgan fingerprint density at radius 2 is 1.82 bits per heavy atom. The number of hydrogen-bond donors (Lipinski definition) is 1. The summed E-state index contributed by atoms with van der Waals surface area (Å²) in [4.78, 5) is 24.2. The molecular weight excluding hydrogens is 362 g/mol. The van der Waals surface area contributed by atoms with Gasteiger partial charge in [0.25, 0.3) is 5.91 Å². The summed E-state index contributed by atoms with van der Waals surface area (Å²) in [5, 5.41) is 2.64. The lowest BCUT2D eigenvalue weighted by molar-refractivity contribution is -0.118. The van der Waals surface area contributed by atoms with Gasteiger partial charge in [0.05, 0.1) is 32.6 Å². The van der Waals surface area contributed by atoms with Crippen LogP contribution in [0.25, 0.3) is 0 Å². The van der Waals surface area contributed by atoms with Crippen LogP contribution in [0, 0.1) is 0 Å². The number of carbonyl (C=O) groups excluding carboxylic acids is 2. The van der Waals surface area contributed by atoms with Crippen LogP contribution in [0.15, 0.2) is 49.1 Å². The van der Waals surface area contributed by atoms with Crippen molar-refractivity contribution in [3.05, 3.63) is 60.2 Å². The fourth-order valence-electron chi connectivity index (χ4n) is 2.49. The number of amides is 1. The second-order valence-corrected chi connectivity index (χ2v) is 5.72. The molecule has 0 fully saturated rings. The van der Waals surface area contributed by atoms with Gasteiger partial charge in [-0.3, -0.25) is 4.79 Å². The highest BCUT2D eigenvalue weighted by Crippen LogP contribution is 2.28. The van der Waals surface area contributed by atoms with E-state index >= 15 is 0 Å². The van der Waals surface area contributed by atoms with Crippen LogP contribution in [0.4, 0.5) is 5.69 Å². The molecule has 0 bridgehead atoms. The van der Waals surface area contributed by atoms with Crippen molar-refractivity contribution in [3.8, 4) is 17.2 Å². The molecule has 2 aromatic rings. The highest BCUT2D eigenvalue weighted by atomic mass is 16.5. The Kier molecular flexibility index (Phi) is 7.45. The van der Waals surface area contributed by atoms with Crippen molar-refractivity contribution in [2.24, 2.45) is 0 Å². The minimum atomic E-state index is -0.588. The standard InChI is InChI=1S/C21H23NO6/c1-5-6-14-7-10-18(19(11-14)26-3)28-13-20(23)22-17-9-8-15(25-2)12-16(17)21(24)27-4/h5,7-12H,1,6,13H2,2-4H3,(H,22,23). The van der Waals surface area contributed by atoms with E-state index in [-0.39, 0.29) is 12.2 Å². The van der Waals surface area contributed by atoms with Crippen molar-refractivity contribution in [1.29, 1.82) is 0 Å². The summed E-state index contributed by atoms with van der Waals surface area (Å²) in [6.45, 7) is 3.44. The third kappa shape index (κ3) is 5.26. The number of ether oxygens (including phenoxy) is 4. The van der Waals surface area contributed by atoms with Gasteiger partial charge in [0.15, 0.2) is 18.1 Å². The molecule has 148 valence electrons. The zero-order chi connectivity index (χ0) is 20.5. The van der Waals surface area contributed by atoms with Gasteiger partial charge < -0.3 is 24.3 Å². The lowest BCUT2D eigenvalue weighted by Gasteiger charge is -2.13. The van der Waals surface area contributed by atoms with Gasteiger partial charge in [-0.1, -0.05) is 12.1 Å². The molecule has 1 amide bonds. The number of benzene rings is 2. The molecule has 0 unspecified atom stereocenters. The number of carbonyl (C=O) groups is 2. The predicted octanol–water partition coefficient (Wildman–Crippen LogP) is 3.24. The van der Waals surface area contributed by atoms with Crippen molar-refractivity contribution in [1.82, 2.24) is 0 Å². The Morgan fingerprint density at radius 3 is 2.46 bits per heavy atom. The first-order chi connectivity index (χ1) is 13.5. The Balaban J connectivity index is 2.09. The van der Waals surface area contributed by atoms with Gasteiger partial charge in [0, 0.05) is 0 Å². The summed E-state index contributed by atoms with van der Waals surface area (Å²) in [7, 11) is 4.27. The molecule has 2 aromatic carbocycles. The molecule has 0 aliphatic heterocycles. The fourth-order valence-corrected chi connectivity index (χ4v) is 2.49. The van der Waals surface area contributed by atoms with Crippen molar-refractivity contribution in [3.63, 3.8) is 0 Å². The van der Waals surface area contributed by atoms with Gasteiger partial charge in [0.1, 0.15) is 5.75 Å². The van der Waals surface area contributed by atoms with E-state index in [0.29, 0.717) is 29.4 Å². The zero-order valence-electron chi connectivity index (χ0n) is 16.1. The van der Waals surface area contributed by atoms with Crippen LogP contribution in [0.3, 0.4) is 0 Å². The number of nitrogens with one attached hydrogen (secondary N) is 1. The topological polar surface area (TPSA) is 83.1 Å². The van der Waals surface area contributed by atoms with Gasteiger partial charge in [-0.2, -0.15) is 0 Å². The first-order valence-electron chi connectivity index (χ1n) is 8.49. The monoisotopic (exact) mass is 385 g/mol. The molecule has 0 aromatic heterocycles. The summed E-state index contributed by atoms with van der Waals surface area (Å²) in [6, 6.07) is 10.1. The van der Waals surface area contributed by atoms with Gasteiger partial charge in [-0.15, -0.1) is 6.58 Å². The Morgan fingerprint density at radius 1 is 1.04 bits per heavy atom. The lowest BCUT2D eigenvalue weighted by Crippen LogP contribution is -2.22. The van der Waals surface area contributed by atoms with Crippen LogP contribution in [0.5, 0.6) is 17.2 Å². The molecule has 0 aliphatic carbocycles. The van der Waals surface area contributed by atoms with Crippen molar-refractivity contribution >= 4 is 17.6 Å².